The SMILES string of the molecule is Cc1cccc(C(=O)N2CCN(CCCN)CC2)c1. The monoisotopic (exact) mass is 261 g/mol. The summed E-state index contributed by atoms with van der Waals surface area (Å²) in [7, 11) is 0. The molecule has 0 unspecified atom stereocenters. The summed E-state index contributed by atoms with van der Waals surface area (Å²) in [6.45, 7) is 7.34. The molecule has 19 heavy (non-hydrogen) atoms. The van der Waals surface area contributed by atoms with Crippen molar-refractivity contribution in [2.24, 2.45) is 5.73 Å². The molecule has 104 valence electrons. The van der Waals surface area contributed by atoms with Gasteiger partial charge in [-0.15, -0.1) is 0 Å². The Morgan fingerprint density at radius 3 is 2.63 bits per heavy atom. The van der Waals surface area contributed by atoms with Crippen LogP contribution in [0.15, 0.2) is 24.3 Å². The summed E-state index contributed by atoms with van der Waals surface area (Å²) in [4.78, 5) is 16.7. The van der Waals surface area contributed by atoms with Gasteiger partial charge in [0.25, 0.3) is 5.91 Å². The molecule has 4 heteroatoms. The molecule has 1 aromatic carbocycles. The number of piperazine rings is 1. The molecule has 1 aliphatic heterocycles. The number of nitrogens with zero attached hydrogens (tertiary/aromatic N) is 2. The van der Waals surface area contributed by atoms with Crippen LogP contribution in [0.5, 0.6) is 0 Å². The lowest BCUT2D eigenvalue weighted by Gasteiger charge is -2.34. The summed E-state index contributed by atoms with van der Waals surface area (Å²) < 4.78 is 0. The molecule has 1 aliphatic rings. The number of hydrogen-bond acceptors (Lipinski definition) is 3. The molecule has 0 aromatic heterocycles. The average molecular weight is 261 g/mol. The zero-order valence-electron chi connectivity index (χ0n) is 11.6. The van der Waals surface area contributed by atoms with Gasteiger partial charge in [-0.25, -0.2) is 0 Å². The van der Waals surface area contributed by atoms with E-state index in [1.54, 1.807) is 0 Å². The van der Waals surface area contributed by atoms with E-state index in [9.17, 15) is 4.79 Å². The van der Waals surface area contributed by atoms with Crippen molar-refractivity contribution in [3.8, 4) is 0 Å². The Morgan fingerprint density at radius 1 is 1.26 bits per heavy atom. The van der Waals surface area contributed by atoms with Gasteiger partial charge in [-0.05, 0) is 38.6 Å². The van der Waals surface area contributed by atoms with Crippen molar-refractivity contribution < 1.29 is 4.79 Å². The van der Waals surface area contributed by atoms with Crippen molar-refractivity contribution in [3.63, 3.8) is 0 Å². The molecule has 0 saturated carbocycles. The molecule has 1 fully saturated rings. The second kappa shape index (κ2) is 6.68. The van der Waals surface area contributed by atoms with Crippen molar-refractivity contribution >= 4 is 5.91 Å². The normalized spacial score (nSPS) is 16.6. The molecule has 2 N–H and O–H groups in total. The zero-order valence-corrected chi connectivity index (χ0v) is 11.6. The Balaban J connectivity index is 1.89. The van der Waals surface area contributed by atoms with Gasteiger partial charge in [0.1, 0.15) is 0 Å². The summed E-state index contributed by atoms with van der Waals surface area (Å²) in [5.41, 5.74) is 7.45. The number of amides is 1. The molecular weight excluding hydrogens is 238 g/mol. The van der Waals surface area contributed by atoms with Gasteiger partial charge in [0, 0.05) is 31.7 Å². The fourth-order valence-corrected chi connectivity index (χ4v) is 2.45. The first-order valence-electron chi connectivity index (χ1n) is 6.99. The van der Waals surface area contributed by atoms with E-state index < -0.39 is 0 Å². The second-order valence-corrected chi connectivity index (χ2v) is 5.15. The first-order valence-corrected chi connectivity index (χ1v) is 6.99. The maximum absolute atomic E-state index is 12.4. The molecule has 1 heterocycles. The van der Waals surface area contributed by atoms with E-state index in [-0.39, 0.29) is 5.91 Å². The van der Waals surface area contributed by atoms with Gasteiger partial charge in [0.15, 0.2) is 0 Å². The van der Waals surface area contributed by atoms with E-state index in [1.807, 2.05) is 36.1 Å². The van der Waals surface area contributed by atoms with Gasteiger partial charge in [0.05, 0.1) is 0 Å². The number of rotatable bonds is 4. The van der Waals surface area contributed by atoms with E-state index in [0.29, 0.717) is 0 Å². The number of hydrogen-bond donors (Lipinski definition) is 1. The third kappa shape index (κ3) is 3.78. The van der Waals surface area contributed by atoms with E-state index in [0.717, 1.165) is 56.8 Å². The summed E-state index contributed by atoms with van der Waals surface area (Å²) in [5.74, 6) is 0.155. The Kier molecular flexibility index (Phi) is 4.93. The van der Waals surface area contributed by atoms with Crippen LogP contribution in [0.4, 0.5) is 0 Å². The summed E-state index contributed by atoms with van der Waals surface area (Å²) in [6, 6.07) is 7.82. The van der Waals surface area contributed by atoms with Crippen LogP contribution in [0, 0.1) is 6.92 Å². The Labute approximate surface area is 115 Å². The molecule has 0 atom stereocenters. The smallest absolute Gasteiger partial charge is 0.253 e. The first-order chi connectivity index (χ1) is 9.20. The van der Waals surface area contributed by atoms with E-state index in [4.69, 9.17) is 5.73 Å². The minimum absolute atomic E-state index is 0.155. The quantitative estimate of drug-likeness (QED) is 0.883. The molecule has 2 rings (SSSR count). The van der Waals surface area contributed by atoms with Gasteiger partial charge in [-0.1, -0.05) is 17.7 Å². The van der Waals surface area contributed by atoms with Gasteiger partial charge in [0.2, 0.25) is 0 Å². The minimum atomic E-state index is 0.155. The van der Waals surface area contributed by atoms with E-state index in [2.05, 4.69) is 4.90 Å². The number of nitrogens with two attached hydrogens (primary N) is 1. The predicted molar refractivity (Wildman–Crippen MR) is 77.2 cm³/mol. The molecule has 1 amide bonds. The van der Waals surface area contributed by atoms with Crippen LogP contribution in [0.25, 0.3) is 0 Å². The van der Waals surface area contributed by atoms with Crippen molar-refractivity contribution in [1.82, 2.24) is 9.80 Å². The molecule has 0 spiro atoms. The molecule has 1 aromatic rings. The Hall–Kier alpha value is -1.39. The third-order valence-corrected chi connectivity index (χ3v) is 3.60. The van der Waals surface area contributed by atoms with Crippen molar-refractivity contribution in [2.45, 2.75) is 13.3 Å². The highest BCUT2D eigenvalue weighted by molar-refractivity contribution is 5.94. The van der Waals surface area contributed by atoms with Crippen LogP contribution in [-0.4, -0.2) is 55.0 Å². The highest BCUT2D eigenvalue weighted by Crippen LogP contribution is 2.10. The number of carbonyl (C=O) groups is 1. The largest absolute Gasteiger partial charge is 0.336 e. The average Bonchev–Trinajstić information content (AvgIpc) is 2.45. The molecule has 0 aliphatic carbocycles. The first kappa shape index (κ1) is 14.0. The highest BCUT2D eigenvalue weighted by atomic mass is 16.2. The van der Waals surface area contributed by atoms with Gasteiger partial charge in [-0.3, -0.25) is 9.69 Å². The number of benzene rings is 1. The number of aryl methyl sites for hydroxylation is 1. The fourth-order valence-electron chi connectivity index (χ4n) is 2.45. The van der Waals surface area contributed by atoms with Gasteiger partial charge >= 0.3 is 0 Å². The fraction of sp³-hybridized carbons (Fsp3) is 0.533. The molecular formula is C15H23N3O. The van der Waals surface area contributed by atoms with Gasteiger partial charge in [-0.2, -0.15) is 0 Å². The topological polar surface area (TPSA) is 49.6 Å². The van der Waals surface area contributed by atoms with E-state index >= 15 is 0 Å². The van der Waals surface area contributed by atoms with Crippen LogP contribution in [-0.2, 0) is 0 Å². The highest BCUT2D eigenvalue weighted by Gasteiger charge is 2.21. The van der Waals surface area contributed by atoms with Crippen LogP contribution in [0.2, 0.25) is 0 Å². The standard InChI is InChI=1S/C15H23N3O/c1-13-4-2-5-14(12-13)15(19)18-10-8-17(9-11-18)7-3-6-16/h2,4-5,12H,3,6-11,16H2,1H3. The lowest BCUT2D eigenvalue weighted by molar-refractivity contribution is 0.0636. The van der Waals surface area contributed by atoms with Crippen LogP contribution < -0.4 is 5.73 Å². The molecule has 4 nitrogen and oxygen atoms in total. The second-order valence-electron chi connectivity index (χ2n) is 5.15. The molecule has 0 bridgehead atoms. The van der Waals surface area contributed by atoms with Crippen molar-refractivity contribution in [2.75, 3.05) is 39.3 Å². The van der Waals surface area contributed by atoms with Crippen LogP contribution in [0.1, 0.15) is 22.3 Å². The Morgan fingerprint density at radius 2 is 2.00 bits per heavy atom. The van der Waals surface area contributed by atoms with Crippen molar-refractivity contribution in [3.05, 3.63) is 35.4 Å². The van der Waals surface area contributed by atoms with Crippen molar-refractivity contribution in [1.29, 1.82) is 0 Å². The summed E-state index contributed by atoms with van der Waals surface area (Å²) in [6.07, 6.45) is 1.03. The molecule has 1 saturated heterocycles. The van der Waals surface area contributed by atoms with Crippen LogP contribution in [0.3, 0.4) is 0 Å². The van der Waals surface area contributed by atoms with Gasteiger partial charge < -0.3 is 10.6 Å². The van der Waals surface area contributed by atoms with Crippen LogP contribution >= 0.6 is 0 Å². The Bertz CT molecular complexity index is 425. The zero-order chi connectivity index (χ0) is 13.7. The maximum Gasteiger partial charge on any atom is 0.253 e. The van der Waals surface area contributed by atoms with E-state index in [1.165, 1.54) is 0 Å². The lowest BCUT2D eigenvalue weighted by Crippen LogP contribution is -2.49. The molecule has 0 radical (unpaired) electrons. The third-order valence-electron chi connectivity index (χ3n) is 3.60. The summed E-state index contributed by atoms with van der Waals surface area (Å²) >= 11 is 0. The predicted octanol–water partition coefficient (Wildman–Crippen LogP) is 1.10. The minimum Gasteiger partial charge on any atom is -0.336 e. The summed E-state index contributed by atoms with van der Waals surface area (Å²) in [5, 5.41) is 0. The lowest BCUT2D eigenvalue weighted by atomic mass is 10.1. The number of carbonyl (C=O) groups excluding carboxylic acids is 1. The maximum atomic E-state index is 12.4.